The molecular formula is C17H21ClN2O2S2. The van der Waals surface area contributed by atoms with Crippen LogP contribution < -0.4 is 4.90 Å². The molecule has 0 saturated carbocycles. The first-order valence-electron chi connectivity index (χ1n) is 8.02. The molecule has 1 aromatic carbocycles. The molecule has 4 nitrogen and oxygen atoms in total. The average molecular weight is 385 g/mol. The summed E-state index contributed by atoms with van der Waals surface area (Å²) in [6, 6.07) is 9.57. The van der Waals surface area contributed by atoms with E-state index in [0.29, 0.717) is 34.7 Å². The standard InChI is InChI=1S/C17H21ClN2O2S2/c1-3-14-6-4-5-13(2)17(14)19-9-11-20(12-10-19)24(21,22)16-8-7-15(18)23-16/h4-8H,3,9-12H2,1-2H3. The summed E-state index contributed by atoms with van der Waals surface area (Å²) in [5.41, 5.74) is 3.82. The van der Waals surface area contributed by atoms with Gasteiger partial charge in [0, 0.05) is 31.9 Å². The highest BCUT2D eigenvalue weighted by molar-refractivity contribution is 7.91. The van der Waals surface area contributed by atoms with E-state index in [4.69, 9.17) is 11.6 Å². The Balaban J connectivity index is 1.77. The highest BCUT2D eigenvalue weighted by Crippen LogP contribution is 2.31. The molecule has 3 rings (SSSR count). The minimum Gasteiger partial charge on any atom is -0.368 e. The maximum absolute atomic E-state index is 12.7. The molecule has 0 N–H and O–H groups in total. The van der Waals surface area contributed by atoms with Gasteiger partial charge >= 0.3 is 0 Å². The number of hydrogen-bond donors (Lipinski definition) is 0. The summed E-state index contributed by atoms with van der Waals surface area (Å²) in [6.45, 7) is 6.67. The van der Waals surface area contributed by atoms with Gasteiger partial charge in [-0.15, -0.1) is 11.3 Å². The molecule has 0 spiro atoms. The van der Waals surface area contributed by atoms with E-state index in [0.717, 1.165) is 17.8 Å². The molecule has 0 unspecified atom stereocenters. The fourth-order valence-electron chi connectivity index (χ4n) is 3.17. The Bertz CT molecular complexity index is 825. The van der Waals surface area contributed by atoms with Crippen molar-refractivity contribution >= 4 is 38.6 Å². The van der Waals surface area contributed by atoms with Crippen molar-refractivity contribution in [1.82, 2.24) is 4.31 Å². The molecule has 2 heterocycles. The van der Waals surface area contributed by atoms with Gasteiger partial charge in [0.1, 0.15) is 4.21 Å². The Labute approximate surface area is 152 Å². The fraction of sp³-hybridized carbons (Fsp3) is 0.412. The van der Waals surface area contributed by atoms with Crippen molar-refractivity contribution in [1.29, 1.82) is 0 Å². The van der Waals surface area contributed by atoms with Gasteiger partial charge in [-0.1, -0.05) is 36.7 Å². The SMILES string of the molecule is CCc1cccc(C)c1N1CCN(S(=O)(=O)c2ccc(Cl)s2)CC1. The first kappa shape index (κ1) is 17.7. The van der Waals surface area contributed by atoms with Gasteiger partial charge in [-0.3, -0.25) is 0 Å². The number of aryl methyl sites for hydroxylation is 2. The van der Waals surface area contributed by atoms with Crippen molar-refractivity contribution in [2.75, 3.05) is 31.1 Å². The van der Waals surface area contributed by atoms with Crippen LogP contribution in [-0.4, -0.2) is 38.9 Å². The van der Waals surface area contributed by atoms with Crippen molar-refractivity contribution in [2.24, 2.45) is 0 Å². The van der Waals surface area contributed by atoms with Gasteiger partial charge in [0.15, 0.2) is 0 Å². The second-order valence-corrected chi connectivity index (χ2v) is 9.77. The average Bonchev–Trinajstić information content (AvgIpc) is 3.02. The lowest BCUT2D eigenvalue weighted by atomic mass is 10.0. The summed E-state index contributed by atoms with van der Waals surface area (Å²) in [4.78, 5) is 2.31. The number of piperazine rings is 1. The van der Waals surface area contributed by atoms with E-state index >= 15 is 0 Å². The summed E-state index contributed by atoms with van der Waals surface area (Å²) in [5.74, 6) is 0. The molecular weight excluding hydrogens is 364 g/mol. The van der Waals surface area contributed by atoms with E-state index < -0.39 is 10.0 Å². The number of sulfonamides is 1. The van der Waals surface area contributed by atoms with Gasteiger partial charge in [-0.05, 0) is 36.6 Å². The Morgan fingerprint density at radius 1 is 1.12 bits per heavy atom. The van der Waals surface area contributed by atoms with Gasteiger partial charge < -0.3 is 4.90 Å². The predicted molar refractivity (Wildman–Crippen MR) is 101 cm³/mol. The number of anilines is 1. The quantitative estimate of drug-likeness (QED) is 0.805. The zero-order chi connectivity index (χ0) is 17.3. The lowest BCUT2D eigenvalue weighted by molar-refractivity contribution is 0.385. The van der Waals surface area contributed by atoms with Gasteiger partial charge in [0.05, 0.1) is 4.34 Å². The number of hydrogen-bond acceptors (Lipinski definition) is 4. The van der Waals surface area contributed by atoms with Crippen molar-refractivity contribution in [3.63, 3.8) is 0 Å². The second-order valence-electron chi connectivity index (χ2n) is 5.89. The van der Waals surface area contributed by atoms with E-state index in [2.05, 4.69) is 36.9 Å². The predicted octanol–water partition coefficient (Wildman–Crippen LogP) is 3.78. The normalized spacial score (nSPS) is 16.5. The van der Waals surface area contributed by atoms with Crippen LogP contribution in [-0.2, 0) is 16.4 Å². The van der Waals surface area contributed by atoms with Crippen LogP contribution in [0.3, 0.4) is 0 Å². The number of halogens is 1. The highest BCUT2D eigenvalue weighted by atomic mass is 35.5. The smallest absolute Gasteiger partial charge is 0.252 e. The minimum absolute atomic E-state index is 0.325. The molecule has 130 valence electrons. The van der Waals surface area contributed by atoms with Gasteiger partial charge in [-0.2, -0.15) is 4.31 Å². The van der Waals surface area contributed by atoms with Gasteiger partial charge in [0.2, 0.25) is 0 Å². The Morgan fingerprint density at radius 2 is 1.83 bits per heavy atom. The Hall–Kier alpha value is -1.08. The Kier molecular flexibility index (Phi) is 5.20. The molecule has 1 fully saturated rings. The maximum atomic E-state index is 12.7. The van der Waals surface area contributed by atoms with Crippen molar-refractivity contribution < 1.29 is 8.42 Å². The third-order valence-corrected chi connectivity index (χ3v) is 8.00. The van der Waals surface area contributed by atoms with Crippen molar-refractivity contribution in [3.05, 3.63) is 45.8 Å². The molecule has 2 aromatic rings. The number of nitrogens with zero attached hydrogens (tertiary/aromatic N) is 2. The zero-order valence-electron chi connectivity index (χ0n) is 13.8. The third kappa shape index (κ3) is 3.33. The van der Waals surface area contributed by atoms with Crippen LogP contribution in [0.5, 0.6) is 0 Å². The molecule has 0 amide bonds. The van der Waals surface area contributed by atoms with Gasteiger partial charge in [0.25, 0.3) is 10.0 Å². The minimum atomic E-state index is -3.43. The molecule has 1 aromatic heterocycles. The lowest BCUT2D eigenvalue weighted by Crippen LogP contribution is -2.49. The lowest BCUT2D eigenvalue weighted by Gasteiger charge is -2.37. The number of thiophene rings is 1. The Morgan fingerprint density at radius 3 is 2.42 bits per heavy atom. The zero-order valence-corrected chi connectivity index (χ0v) is 16.2. The molecule has 24 heavy (non-hydrogen) atoms. The first-order chi connectivity index (χ1) is 11.4. The van der Waals surface area contributed by atoms with Crippen LogP contribution in [0.15, 0.2) is 34.5 Å². The van der Waals surface area contributed by atoms with E-state index in [1.165, 1.54) is 16.8 Å². The van der Waals surface area contributed by atoms with E-state index in [9.17, 15) is 8.42 Å². The number of para-hydroxylation sites is 1. The van der Waals surface area contributed by atoms with Crippen molar-refractivity contribution in [3.8, 4) is 0 Å². The molecule has 0 aliphatic carbocycles. The van der Waals surface area contributed by atoms with Crippen LogP contribution >= 0.6 is 22.9 Å². The van der Waals surface area contributed by atoms with E-state index in [1.54, 1.807) is 16.4 Å². The maximum Gasteiger partial charge on any atom is 0.252 e. The monoisotopic (exact) mass is 384 g/mol. The van der Waals surface area contributed by atoms with Crippen LogP contribution in [0.25, 0.3) is 0 Å². The molecule has 0 radical (unpaired) electrons. The summed E-state index contributed by atoms with van der Waals surface area (Å²) in [7, 11) is -3.43. The largest absolute Gasteiger partial charge is 0.368 e. The van der Waals surface area contributed by atoms with Crippen LogP contribution in [0.4, 0.5) is 5.69 Å². The van der Waals surface area contributed by atoms with E-state index in [1.807, 2.05) is 0 Å². The number of benzene rings is 1. The number of rotatable bonds is 4. The molecule has 1 aliphatic rings. The topological polar surface area (TPSA) is 40.6 Å². The van der Waals surface area contributed by atoms with Crippen molar-refractivity contribution in [2.45, 2.75) is 24.5 Å². The summed E-state index contributed by atoms with van der Waals surface area (Å²) in [5, 5.41) is 0. The van der Waals surface area contributed by atoms with E-state index in [-0.39, 0.29) is 0 Å². The highest BCUT2D eigenvalue weighted by Gasteiger charge is 2.30. The molecule has 1 saturated heterocycles. The van der Waals surface area contributed by atoms with Crippen LogP contribution in [0.2, 0.25) is 4.34 Å². The van der Waals surface area contributed by atoms with Crippen LogP contribution in [0, 0.1) is 6.92 Å². The second kappa shape index (κ2) is 7.04. The molecule has 0 bridgehead atoms. The summed E-state index contributed by atoms with van der Waals surface area (Å²) < 4.78 is 27.8. The first-order valence-corrected chi connectivity index (χ1v) is 10.7. The van der Waals surface area contributed by atoms with Gasteiger partial charge in [-0.25, -0.2) is 8.42 Å². The summed E-state index contributed by atoms with van der Waals surface area (Å²) in [6.07, 6.45) is 0.975. The van der Waals surface area contributed by atoms with Crippen LogP contribution in [0.1, 0.15) is 18.1 Å². The fourth-order valence-corrected chi connectivity index (χ4v) is 6.23. The summed E-state index contributed by atoms with van der Waals surface area (Å²) >= 11 is 7.00. The third-order valence-electron chi connectivity index (χ3n) is 4.40. The molecule has 7 heteroatoms. The molecule has 0 atom stereocenters. The molecule has 1 aliphatic heterocycles.